The molecule has 1 unspecified atom stereocenters. The highest BCUT2D eigenvalue weighted by atomic mass is 15.1. The minimum absolute atomic E-state index is 0.0723. The summed E-state index contributed by atoms with van der Waals surface area (Å²) < 4.78 is 1.97. The quantitative estimate of drug-likeness (QED) is 0.759. The average Bonchev–Trinajstić information content (AvgIpc) is 2.88. The number of anilines is 1. The zero-order chi connectivity index (χ0) is 13.9. The van der Waals surface area contributed by atoms with Gasteiger partial charge in [-0.3, -0.25) is 0 Å². The molecule has 0 aliphatic rings. The molecule has 0 spiro atoms. The molecule has 2 aromatic heterocycles. The number of aromatic nitrogens is 3. The van der Waals surface area contributed by atoms with E-state index in [9.17, 15) is 0 Å². The van der Waals surface area contributed by atoms with E-state index in [0.717, 1.165) is 22.4 Å². The van der Waals surface area contributed by atoms with E-state index in [0.29, 0.717) is 6.54 Å². The first-order chi connectivity index (χ1) is 9.75. The van der Waals surface area contributed by atoms with Crippen LogP contribution in [0.15, 0.2) is 48.9 Å². The van der Waals surface area contributed by atoms with Crippen LogP contribution in [0.25, 0.3) is 11.0 Å². The first-order valence-corrected chi connectivity index (χ1v) is 6.56. The third-order valence-corrected chi connectivity index (χ3v) is 3.36. The minimum atomic E-state index is -0.0723. The molecule has 0 saturated heterocycles. The summed E-state index contributed by atoms with van der Waals surface area (Å²) in [5.74, 6) is 0.773. The highest BCUT2D eigenvalue weighted by Crippen LogP contribution is 2.19. The number of nitrogens with two attached hydrogens (primary N) is 1. The van der Waals surface area contributed by atoms with Crippen LogP contribution in [0.3, 0.4) is 0 Å². The molecule has 0 amide bonds. The van der Waals surface area contributed by atoms with Crippen molar-refractivity contribution in [3.05, 3.63) is 54.5 Å². The van der Waals surface area contributed by atoms with Crippen molar-refractivity contribution in [2.75, 3.05) is 11.9 Å². The molecule has 3 aromatic rings. The van der Waals surface area contributed by atoms with Gasteiger partial charge in [-0.25, -0.2) is 9.97 Å². The Hall–Kier alpha value is -2.40. The SMILES string of the molecule is Cn1cnc2c(NCC(N)c3ccccc3)nccc21. The third kappa shape index (κ3) is 2.35. The fourth-order valence-electron chi connectivity index (χ4n) is 2.22. The fourth-order valence-corrected chi connectivity index (χ4v) is 2.22. The molecule has 0 aliphatic carbocycles. The number of fused-ring (bicyclic) bond motifs is 1. The molecule has 0 radical (unpaired) electrons. The van der Waals surface area contributed by atoms with Crippen LogP contribution in [-0.4, -0.2) is 21.1 Å². The summed E-state index contributed by atoms with van der Waals surface area (Å²) in [6.45, 7) is 0.618. The molecule has 2 heterocycles. The summed E-state index contributed by atoms with van der Waals surface area (Å²) in [6, 6.07) is 11.9. The Morgan fingerprint density at radius 1 is 1.20 bits per heavy atom. The van der Waals surface area contributed by atoms with Crippen molar-refractivity contribution in [1.29, 1.82) is 0 Å². The summed E-state index contributed by atoms with van der Waals surface area (Å²) in [7, 11) is 1.97. The number of nitrogens with zero attached hydrogens (tertiary/aromatic N) is 3. The molecule has 102 valence electrons. The van der Waals surface area contributed by atoms with Crippen molar-refractivity contribution in [3.63, 3.8) is 0 Å². The van der Waals surface area contributed by atoms with Crippen molar-refractivity contribution in [1.82, 2.24) is 14.5 Å². The Kier molecular flexibility index (Phi) is 3.35. The van der Waals surface area contributed by atoms with E-state index in [4.69, 9.17) is 5.73 Å². The van der Waals surface area contributed by atoms with Gasteiger partial charge in [0.05, 0.1) is 11.8 Å². The van der Waals surface area contributed by atoms with Crippen LogP contribution in [0, 0.1) is 0 Å². The largest absolute Gasteiger partial charge is 0.366 e. The zero-order valence-corrected chi connectivity index (χ0v) is 11.3. The van der Waals surface area contributed by atoms with Gasteiger partial charge in [0.2, 0.25) is 0 Å². The summed E-state index contributed by atoms with van der Waals surface area (Å²) in [5, 5.41) is 3.29. The van der Waals surface area contributed by atoms with Crippen molar-refractivity contribution in [2.45, 2.75) is 6.04 Å². The van der Waals surface area contributed by atoms with Gasteiger partial charge < -0.3 is 15.6 Å². The second-order valence-corrected chi connectivity index (χ2v) is 4.78. The molecule has 0 saturated carbocycles. The van der Waals surface area contributed by atoms with Crippen LogP contribution in [0.2, 0.25) is 0 Å². The molecular weight excluding hydrogens is 250 g/mol. The molecule has 1 aromatic carbocycles. The van der Waals surface area contributed by atoms with Crippen molar-refractivity contribution in [3.8, 4) is 0 Å². The summed E-state index contributed by atoms with van der Waals surface area (Å²) in [6.07, 6.45) is 3.56. The van der Waals surface area contributed by atoms with Gasteiger partial charge in [0.25, 0.3) is 0 Å². The second-order valence-electron chi connectivity index (χ2n) is 4.78. The Bertz CT molecular complexity index is 705. The predicted molar refractivity (Wildman–Crippen MR) is 80.4 cm³/mol. The number of nitrogens with one attached hydrogen (secondary N) is 1. The standard InChI is InChI=1S/C15H17N5/c1-20-10-19-14-13(20)7-8-17-15(14)18-9-12(16)11-5-3-2-4-6-11/h2-8,10,12H,9,16H2,1H3,(H,17,18). The number of aryl methyl sites for hydroxylation is 1. The van der Waals surface area contributed by atoms with Gasteiger partial charge in [0, 0.05) is 25.8 Å². The number of benzene rings is 1. The van der Waals surface area contributed by atoms with E-state index < -0.39 is 0 Å². The molecule has 5 heteroatoms. The molecule has 0 fully saturated rings. The molecule has 3 N–H and O–H groups in total. The highest BCUT2D eigenvalue weighted by molar-refractivity contribution is 5.85. The Balaban J connectivity index is 1.77. The Morgan fingerprint density at radius 3 is 2.80 bits per heavy atom. The van der Waals surface area contributed by atoms with Crippen molar-refractivity contribution >= 4 is 16.9 Å². The number of imidazole rings is 1. The van der Waals surface area contributed by atoms with E-state index in [1.165, 1.54) is 0 Å². The van der Waals surface area contributed by atoms with E-state index in [-0.39, 0.29) is 6.04 Å². The lowest BCUT2D eigenvalue weighted by Crippen LogP contribution is -2.21. The number of rotatable bonds is 4. The molecule has 3 rings (SSSR count). The van der Waals surface area contributed by atoms with Gasteiger partial charge >= 0.3 is 0 Å². The van der Waals surface area contributed by atoms with Crippen LogP contribution < -0.4 is 11.1 Å². The van der Waals surface area contributed by atoms with Crippen LogP contribution >= 0.6 is 0 Å². The summed E-state index contributed by atoms with van der Waals surface area (Å²) in [5.41, 5.74) is 9.20. The number of pyridine rings is 1. The predicted octanol–water partition coefficient (Wildman–Crippen LogP) is 2.08. The summed E-state index contributed by atoms with van der Waals surface area (Å²) >= 11 is 0. The molecule has 0 aliphatic heterocycles. The van der Waals surface area contributed by atoms with Crippen molar-refractivity contribution < 1.29 is 0 Å². The third-order valence-electron chi connectivity index (χ3n) is 3.36. The van der Waals surface area contributed by atoms with Gasteiger partial charge in [-0.2, -0.15) is 0 Å². The van der Waals surface area contributed by atoms with Gasteiger partial charge in [-0.15, -0.1) is 0 Å². The van der Waals surface area contributed by atoms with E-state index in [1.54, 1.807) is 12.5 Å². The molecule has 5 nitrogen and oxygen atoms in total. The zero-order valence-electron chi connectivity index (χ0n) is 11.3. The summed E-state index contributed by atoms with van der Waals surface area (Å²) in [4.78, 5) is 8.71. The fraction of sp³-hybridized carbons (Fsp3) is 0.200. The van der Waals surface area contributed by atoms with Crippen LogP contribution in [0.4, 0.5) is 5.82 Å². The second kappa shape index (κ2) is 5.30. The van der Waals surface area contributed by atoms with Crippen LogP contribution in [0.1, 0.15) is 11.6 Å². The van der Waals surface area contributed by atoms with E-state index in [2.05, 4.69) is 15.3 Å². The molecule has 1 atom stereocenters. The van der Waals surface area contributed by atoms with E-state index >= 15 is 0 Å². The minimum Gasteiger partial charge on any atom is -0.366 e. The first-order valence-electron chi connectivity index (χ1n) is 6.56. The highest BCUT2D eigenvalue weighted by Gasteiger charge is 2.09. The van der Waals surface area contributed by atoms with Gasteiger partial charge in [0.15, 0.2) is 5.82 Å². The lowest BCUT2D eigenvalue weighted by molar-refractivity contribution is 0.762. The maximum absolute atomic E-state index is 6.18. The average molecular weight is 267 g/mol. The Labute approximate surface area is 117 Å². The maximum Gasteiger partial charge on any atom is 0.154 e. The van der Waals surface area contributed by atoms with Crippen LogP contribution in [-0.2, 0) is 7.05 Å². The van der Waals surface area contributed by atoms with Gasteiger partial charge in [-0.1, -0.05) is 30.3 Å². The lowest BCUT2D eigenvalue weighted by atomic mass is 10.1. The molecule has 0 bridgehead atoms. The van der Waals surface area contributed by atoms with Gasteiger partial charge in [0.1, 0.15) is 5.52 Å². The van der Waals surface area contributed by atoms with Crippen LogP contribution in [0.5, 0.6) is 0 Å². The van der Waals surface area contributed by atoms with Gasteiger partial charge in [-0.05, 0) is 11.6 Å². The Morgan fingerprint density at radius 2 is 2.00 bits per heavy atom. The smallest absolute Gasteiger partial charge is 0.154 e. The number of hydrogen-bond acceptors (Lipinski definition) is 4. The maximum atomic E-state index is 6.18. The molecule has 20 heavy (non-hydrogen) atoms. The van der Waals surface area contributed by atoms with E-state index in [1.807, 2.05) is 48.0 Å². The van der Waals surface area contributed by atoms with Crippen molar-refractivity contribution in [2.24, 2.45) is 12.8 Å². The molecular formula is C15H17N5. The first kappa shape index (κ1) is 12.6. The normalized spacial score (nSPS) is 12.5. The lowest BCUT2D eigenvalue weighted by Gasteiger charge is -2.13. The topological polar surface area (TPSA) is 68.8 Å². The monoisotopic (exact) mass is 267 g/mol. The number of hydrogen-bond donors (Lipinski definition) is 2.